The van der Waals surface area contributed by atoms with Gasteiger partial charge in [0.25, 0.3) is 0 Å². The van der Waals surface area contributed by atoms with Gasteiger partial charge in [-0.2, -0.15) is 0 Å². The maximum atomic E-state index is 13.6. The molecule has 4 heteroatoms. The number of hydrogen-bond acceptors (Lipinski definition) is 3. The quantitative estimate of drug-likeness (QED) is 0.618. The lowest BCUT2D eigenvalue weighted by Gasteiger charge is -2.06. The van der Waals surface area contributed by atoms with Gasteiger partial charge in [0, 0.05) is 6.42 Å². The van der Waals surface area contributed by atoms with E-state index < -0.39 is 11.8 Å². The highest BCUT2D eigenvalue weighted by Crippen LogP contribution is 2.29. The Morgan fingerprint density at radius 3 is 2.84 bits per heavy atom. The summed E-state index contributed by atoms with van der Waals surface area (Å²) in [5.41, 5.74) is 1.80. The van der Waals surface area contributed by atoms with Gasteiger partial charge in [0.15, 0.2) is 11.6 Å². The molecule has 1 atom stereocenters. The predicted molar refractivity (Wildman–Crippen MR) is 70.2 cm³/mol. The van der Waals surface area contributed by atoms with Crippen LogP contribution in [0.25, 0.3) is 5.57 Å². The molecule has 1 aromatic carbocycles. The van der Waals surface area contributed by atoms with Crippen molar-refractivity contribution in [3.63, 3.8) is 0 Å². The molecule has 1 aliphatic rings. The van der Waals surface area contributed by atoms with Crippen LogP contribution in [-0.2, 0) is 9.53 Å². The van der Waals surface area contributed by atoms with Crippen molar-refractivity contribution in [2.45, 2.75) is 19.4 Å². The Hall–Kier alpha value is -2.10. The van der Waals surface area contributed by atoms with Gasteiger partial charge >= 0.3 is 5.97 Å². The number of ether oxygens (including phenoxy) is 2. The van der Waals surface area contributed by atoms with Crippen molar-refractivity contribution >= 4 is 11.5 Å². The van der Waals surface area contributed by atoms with Crippen LogP contribution < -0.4 is 4.74 Å². The van der Waals surface area contributed by atoms with E-state index in [1.165, 1.54) is 19.2 Å². The van der Waals surface area contributed by atoms with E-state index in [1.807, 2.05) is 6.92 Å². The third kappa shape index (κ3) is 2.84. The van der Waals surface area contributed by atoms with Gasteiger partial charge in [0.2, 0.25) is 0 Å². The van der Waals surface area contributed by atoms with Gasteiger partial charge < -0.3 is 9.47 Å². The average Bonchev–Trinajstić information content (AvgIpc) is 2.69. The summed E-state index contributed by atoms with van der Waals surface area (Å²) < 4.78 is 23.7. The Kier molecular flexibility index (Phi) is 3.69. The lowest BCUT2D eigenvalue weighted by molar-refractivity contribution is -0.137. The van der Waals surface area contributed by atoms with Crippen molar-refractivity contribution in [3.05, 3.63) is 47.8 Å². The second-order valence-electron chi connectivity index (χ2n) is 4.53. The first-order valence-electron chi connectivity index (χ1n) is 5.92. The van der Waals surface area contributed by atoms with Gasteiger partial charge in [-0.25, -0.2) is 9.18 Å². The molecule has 0 radical (unpaired) electrons. The van der Waals surface area contributed by atoms with Gasteiger partial charge in [-0.1, -0.05) is 18.2 Å². The van der Waals surface area contributed by atoms with E-state index in [4.69, 9.17) is 9.47 Å². The fourth-order valence-electron chi connectivity index (χ4n) is 1.98. The summed E-state index contributed by atoms with van der Waals surface area (Å²) in [6.07, 6.45) is 1.97. The van der Waals surface area contributed by atoms with Crippen LogP contribution in [0.15, 0.2) is 36.4 Å². The van der Waals surface area contributed by atoms with Crippen molar-refractivity contribution in [1.82, 2.24) is 0 Å². The third-order valence-corrected chi connectivity index (χ3v) is 2.84. The molecule has 1 heterocycles. The number of halogens is 1. The normalized spacial score (nSPS) is 17.9. The summed E-state index contributed by atoms with van der Waals surface area (Å²) >= 11 is 0. The van der Waals surface area contributed by atoms with Crippen molar-refractivity contribution in [2.24, 2.45) is 0 Å². The van der Waals surface area contributed by atoms with Crippen LogP contribution in [0.2, 0.25) is 0 Å². The van der Waals surface area contributed by atoms with Crippen molar-refractivity contribution in [2.75, 3.05) is 7.11 Å². The van der Waals surface area contributed by atoms with Crippen LogP contribution in [0.1, 0.15) is 18.9 Å². The smallest absolute Gasteiger partial charge is 0.339 e. The van der Waals surface area contributed by atoms with E-state index in [0.717, 1.165) is 5.57 Å². The van der Waals surface area contributed by atoms with E-state index in [0.29, 0.717) is 17.6 Å². The van der Waals surface area contributed by atoms with Gasteiger partial charge in [-0.3, -0.25) is 0 Å². The van der Waals surface area contributed by atoms with Crippen LogP contribution in [0.4, 0.5) is 4.39 Å². The van der Waals surface area contributed by atoms with E-state index in [2.05, 4.69) is 6.58 Å². The van der Waals surface area contributed by atoms with Crippen LogP contribution in [0.5, 0.6) is 5.75 Å². The summed E-state index contributed by atoms with van der Waals surface area (Å²) in [5.74, 6) is -0.790. The molecule has 19 heavy (non-hydrogen) atoms. The van der Waals surface area contributed by atoms with E-state index in [1.54, 1.807) is 12.1 Å². The molecule has 0 aromatic heterocycles. The summed E-state index contributed by atoms with van der Waals surface area (Å²) in [6, 6.07) is 4.40. The zero-order chi connectivity index (χ0) is 14.0. The molecule has 1 aromatic rings. The minimum absolute atomic E-state index is 0.147. The number of cyclic esters (lactones) is 1. The Balaban J connectivity index is 2.28. The Morgan fingerprint density at radius 2 is 2.26 bits per heavy atom. The molecule has 0 bridgehead atoms. The summed E-state index contributed by atoms with van der Waals surface area (Å²) in [7, 11) is 1.39. The number of carbonyl (C=O) groups excluding carboxylic acids is 1. The predicted octanol–water partition coefficient (Wildman–Crippen LogP) is 3.11. The fraction of sp³-hybridized carbons (Fsp3) is 0.267. The van der Waals surface area contributed by atoms with E-state index in [9.17, 15) is 9.18 Å². The van der Waals surface area contributed by atoms with Crippen LogP contribution in [0, 0.1) is 5.82 Å². The number of hydrogen-bond donors (Lipinski definition) is 0. The Labute approximate surface area is 111 Å². The maximum absolute atomic E-state index is 13.6. The van der Waals surface area contributed by atoms with Crippen LogP contribution in [-0.4, -0.2) is 19.2 Å². The van der Waals surface area contributed by atoms with Gasteiger partial charge in [-0.05, 0) is 30.7 Å². The largest absolute Gasteiger partial charge is 0.494 e. The molecule has 0 saturated heterocycles. The number of rotatable bonds is 4. The van der Waals surface area contributed by atoms with Gasteiger partial charge in [0.1, 0.15) is 6.10 Å². The second kappa shape index (κ2) is 5.26. The molecule has 0 aliphatic carbocycles. The molecule has 0 fully saturated rings. The Bertz CT molecular complexity index is 561. The van der Waals surface area contributed by atoms with Crippen LogP contribution >= 0.6 is 0 Å². The summed E-state index contributed by atoms with van der Waals surface area (Å²) in [5, 5.41) is 0. The number of carbonyl (C=O) groups is 1. The molecule has 0 N–H and O–H groups in total. The van der Waals surface area contributed by atoms with Crippen molar-refractivity contribution < 1.29 is 18.7 Å². The highest BCUT2D eigenvalue weighted by molar-refractivity contribution is 6.18. The average molecular weight is 262 g/mol. The van der Waals surface area contributed by atoms with E-state index >= 15 is 0 Å². The number of esters is 1. The molecule has 100 valence electrons. The minimum atomic E-state index is -0.503. The summed E-state index contributed by atoms with van der Waals surface area (Å²) in [6.45, 7) is 5.65. The van der Waals surface area contributed by atoms with E-state index in [-0.39, 0.29) is 11.9 Å². The molecule has 0 unspecified atom stereocenters. The monoisotopic (exact) mass is 262 g/mol. The fourth-order valence-corrected chi connectivity index (χ4v) is 1.98. The zero-order valence-electron chi connectivity index (χ0n) is 10.9. The molecule has 0 saturated carbocycles. The van der Waals surface area contributed by atoms with Crippen molar-refractivity contribution in [1.29, 1.82) is 0 Å². The standard InChI is InChI=1S/C15H15FO3/c1-9(2)6-11-8-12(15(17)19-11)10-4-5-14(18-3)13(16)7-10/h4-5,7-8,11H,1,6H2,2-3H3/t11-/m1/s1. The highest BCUT2D eigenvalue weighted by atomic mass is 19.1. The molecular formula is C15H15FO3. The minimum Gasteiger partial charge on any atom is -0.494 e. The number of benzene rings is 1. The van der Waals surface area contributed by atoms with Gasteiger partial charge in [-0.15, -0.1) is 0 Å². The topological polar surface area (TPSA) is 35.5 Å². The molecule has 0 amide bonds. The molecule has 3 nitrogen and oxygen atoms in total. The number of methoxy groups -OCH3 is 1. The first-order chi connectivity index (χ1) is 9.01. The van der Waals surface area contributed by atoms with Crippen molar-refractivity contribution in [3.8, 4) is 5.75 Å². The van der Waals surface area contributed by atoms with Gasteiger partial charge in [0.05, 0.1) is 12.7 Å². The zero-order valence-corrected chi connectivity index (χ0v) is 10.9. The lowest BCUT2D eigenvalue weighted by atomic mass is 10.0. The highest BCUT2D eigenvalue weighted by Gasteiger charge is 2.26. The first-order valence-corrected chi connectivity index (χ1v) is 5.92. The SMILES string of the molecule is C=C(C)C[C@@H]1C=C(c2ccc(OC)c(F)c2)C(=O)O1. The third-order valence-electron chi connectivity index (χ3n) is 2.84. The molecule has 0 spiro atoms. The lowest BCUT2D eigenvalue weighted by Crippen LogP contribution is -2.08. The van der Waals surface area contributed by atoms with Crippen LogP contribution in [0.3, 0.4) is 0 Å². The molecule has 2 rings (SSSR count). The Morgan fingerprint density at radius 1 is 1.53 bits per heavy atom. The molecule has 1 aliphatic heterocycles. The summed E-state index contributed by atoms with van der Waals surface area (Å²) in [4.78, 5) is 11.8. The second-order valence-corrected chi connectivity index (χ2v) is 4.53. The maximum Gasteiger partial charge on any atom is 0.339 e. The first kappa shape index (κ1) is 13.3. The molecular weight excluding hydrogens is 247 g/mol.